The first-order valence-electron chi connectivity index (χ1n) is 21.5. The zero-order valence-electron chi connectivity index (χ0n) is 34.9. The average molecular weight is 769 g/mol. The van der Waals surface area contributed by atoms with E-state index in [0.29, 0.717) is 0 Å². The molecule has 0 N–H and O–H groups in total. The molecule has 60 heavy (non-hydrogen) atoms. The lowest BCUT2D eigenvalue weighted by Gasteiger charge is -2.25. The lowest BCUT2D eigenvalue weighted by Crippen LogP contribution is -2.17. The van der Waals surface area contributed by atoms with Crippen LogP contribution in [0.2, 0.25) is 0 Å². The quantitative estimate of drug-likeness (QED) is 0.171. The zero-order chi connectivity index (χ0) is 40.4. The SMILES string of the molecule is CC1(C)c2cc3c(cc2-c2cc4c(cc21)-c1c(cc(-c2cccc5oc6cccc(-c7ccccc7)c6c25)c2ccccc12)C4(C)C)C(C)(C)c1ccc2ccccc2c1-3. The van der Waals surface area contributed by atoms with Crippen LogP contribution in [0.5, 0.6) is 0 Å². The van der Waals surface area contributed by atoms with E-state index in [9.17, 15) is 0 Å². The number of rotatable bonds is 2. The summed E-state index contributed by atoms with van der Waals surface area (Å²) in [5.41, 5.74) is 23.1. The molecule has 1 heteroatoms. The van der Waals surface area contributed by atoms with E-state index in [-0.39, 0.29) is 16.2 Å². The second kappa shape index (κ2) is 11.3. The van der Waals surface area contributed by atoms with Crippen molar-refractivity contribution in [3.63, 3.8) is 0 Å². The Balaban J connectivity index is 1.03. The van der Waals surface area contributed by atoms with E-state index in [4.69, 9.17) is 4.42 Å². The third-order valence-electron chi connectivity index (χ3n) is 15.1. The topological polar surface area (TPSA) is 13.1 Å². The van der Waals surface area contributed by atoms with Crippen LogP contribution in [-0.4, -0.2) is 0 Å². The highest BCUT2D eigenvalue weighted by atomic mass is 16.3. The summed E-state index contributed by atoms with van der Waals surface area (Å²) in [5.74, 6) is 0. The predicted molar refractivity (Wildman–Crippen MR) is 252 cm³/mol. The van der Waals surface area contributed by atoms with Gasteiger partial charge in [0.05, 0.1) is 0 Å². The molecule has 1 heterocycles. The minimum absolute atomic E-state index is 0.0940. The second-order valence-corrected chi connectivity index (χ2v) is 19.2. The highest BCUT2D eigenvalue weighted by Gasteiger charge is 2.45. The summed E-state index contributed by atoms with van der Waals surface area (Å²) in [7, 11) is 0. The van der Waals surface area contributed by atoms with Crippen LogP contribution in [0.15, 0.2) is 162 Å². The van der Waals surface area contributed by atoms with E-state index in [2.05, 4.69) is 199 Å². The van der Waals surface area contributed by atoms with Crippen molar-refractivity contribution in [1.29, 1.82) is 0 Å². The van der Waals surface area contributed by atoms with Crippen molar-refractivity contribution >= 4 is 43.5 Å². The lowest BCUT2D eigenvalue weighted by atomic mass is 9.78. The van der Waals surface area contributed by atoms with Crippen molar-refractivity contribution in [2.24, 2.45) is 0 Å². The van der Waals surface area contributed by atoms with Crippen molar-refractivity contribution in [3.8, 4) is 55.6 Å². The number of furan rings is 1. The monoisotopic (exact) mass is 768 g/mol. The first-order chi connectivity index (χ1) is 29.0. The van der Waals surface area contributed by atoms with Gasteiger partial charge < -0.3 is 4.42 Å². The Labute approximate surface area is 351 Å². The number of benzene rings is 9. The fraction of sp³-hybridized carbons (Fsp3) is 0.153. The van der Waals surface area contributed by atoms with E-state index < -0.39 is 0 Å². The van der Waals surface area contributed by atoms with Crippen LogP contribution in [0.4, 0.5) is 0 Å². The molecular formula is C59H44O. The molecule has 0 saturated carbocycles. The summed E-state index contributed by atoms with van der Waals surface area (Å²) in [6, 6.07) is 59.3. The van der Waals surface area contributed by atoms with Crippen LogP contribution in [-0.2, 0) is 16.2 Å². The Bertz CT molecular complexity index is 3550. The van der Waals surface area contributed by atoms with E-state index in [1.54, 1.807) is 0 Å². The van der Waals surface area contributed by atoms with Gasteiger partial charge in [-0.05, 0) is 153 Å². The molecule has 0 amide bonds. The summed E-state index contributed by atoms with van der Waals surface area (Å²) >= 11 is 0. The van der Waals surface area contributed by atoms with Crippen molar-refractivity contribution in [2.45, 2.75) is 57.8 Å². The summed E-state index contributed by atoms with van der Waals surface area (Å²) in [5, 5.41) is 7.59. The van der Waals surface area contributed by atoms with Crippen LogP contribution < -0.4 is 0 Å². The largest absolute Gasteiger partial charge is 0.456 e. The van der Waals surface area contributed by atoms with Gasteiger partial charge in [-0.2, -0.15) is 0 Å². The van der Waals surface area contributed by atoms with Gasteiger partial charge in [-0.25, -0.2) is 0 Å². The fourth-order valence-corrected chi connectivity index (χ4v) is 12.0. The van der Waals surface area contributed by atoms with Gasteiger partial charge in [-0.3, -0.25) is 0 Å². The zero-order valence-corrected chi connectivity index (χ0v) is 34.9. The Hall–Kier alpha value is -6.70. The van der Waals surface area contributed by atoms with Gasteiger partial charge in [-0.15, -0.1) is 0 Å². The van der Waals surface area contributed by atoms with Gasteiger partial charge in [0.25, 0.3) is 0 Å². The highest BCUT2D eigenvalue weighted by Crippen LogP contribution is 2.61. The molecule has 286 valence electrons. The first-order valence-corrected chi connectivity index (χ1v) is 21.5. The molecule has 0 fully saturated rings. The smallest absolute Gasteiger partial charge is 0.136 e. The molecule has 3 aliphatic rings. The minimum atomic E-state index is -0.224. The first kappa shape index (κ1) is 34.2. The van der Waals surface area contributed by atoms with Crippen LogP contribution in [0.3, 0.4) is 0 Å². The summed E-state index contributed by atoms with van der Waals surface area (Å²) < 4.78 is 6.64. The molecule has 0 saturated heterocycles. The lowest BCUT2D eigenvalue weighted by molar-refractivity contribution is 0.649. The summed E-state index contributed by atoms with van der Waals surface area (Å²) in [4.78, 5) is 0. The number of hydrogen-bond acceptors (Lipinski definition) is 1. The van der Waals surface area contributed by atoms with Gasteiger partial charge in [-0.1, -0.05) is 157 Å². The van der Waals surface area contributed by atoms with Crippen LogP contribution in [0.25, 0.3) is 99.1 Å². The molecule has 1 aromatic heterocycles. The summed E-state index contributed by atoms with van der Waals surface area (Å²) in [6.45, 7) is 14.6. The Morgan fingerprint density at radius 3 is 1.48 bits per heavy atom. The van der Waals surface area contributed by atoms with Crippen molar-refractivity contribution < 1.29 is 4.42 Å². The summed E-state index contributed by atoms with van der Waals surface area (Å²) in [6.07, 6.45) is 0. The Kier molecular flexibility index (Phi) is 6.45. The third-order valence-corrected chi connectivity index (χ3v) is 15.1. The van der Waals surface area contributed by atoms with Crippen molar-refractivity contribution in [1.82, 2.24) is 0 Å². The predicted octanol–water partition coefficient (Wildman–Crippen LogP) is 16.1. The molecule has 9 aromatic carbocycles. The molecule has 1 nitrogen and oxygen atoms in total. The van der Waals surface area contributed by atoms with Crippen LogP contribution >= 0.6 is 0 Å². The third kappa shape index (κ3) is 4.18. The Morgan fingerprint density at radius 2 is 0.800 bits per heavy atom. The maximum absolute atomic E-state index is 6.64. The Morgan fingerprint density at radius 1 is 0.317 bits per heavy atom. The standard InChI is InChI=1S/C59H44O/c1-57(2)45-27-26-34-18-10-11-19-35(34)53(45)43-31-46-41(29-48(43)57)42-30-49-44(32-47(42)58(46,3)4)54-38-21-13-12-20-37(38)40(28-50(54)59(49,5)6)39-23-15-25-52-56(39)55-36(22-14-24-51(55)60-52)33-16-8-7-9-17-33/h7-32H,1-6H3. The van der Waals surface area contributed by atoms with Gasteiger partial charge in [0.1, 0.15) is 11.2 Å². The highest BCUT2D eigenvalue weighted by molar-refractivity contribution is 6.21. The van der Waals surface area contributed by atoms with Gasteiger partial charge >= 0.3 is 0 Å². The molecular weight excluding hydrogens is 725 g/mol. The second-order valence-electron chi connectivity index (χ2n) is 19.2. The van der Waals surface area contributed by atoms with Crippen molar-refractivity contribution in [2.75, 3.05) is 0 Å². The van der Waals surface area contributed by atoms with E-state index in [1.165, 1.54) is 121 Å². The molecule has 3 aliphatic carbocycles. The van der Waals surface area contributed by atoms with E-state index >= 15 is 0 Å². The molecule has 0 atom stereocenters. The molecule has 0 unspecified atom stereocenters. The van der Waals surface area contributed by atoms with E-state index in [1.807, 2.05) is 0 Å². The number of fused-ring (bicyclic) bond motifs is 16. The minimum Gasteiger partial charge on any atom is -0.456 e. The molecule has 0 radical (unpaired) electrons. The van der Waals surface area contributed by atoms with Crippen LogP contribution in [0, 0.1) is 0 Å². The van der Waals surface area contributed by atoms with Gasteiger partial charge in [0, 0.05) is 27.0 Å². The number of hydrogen-bond donors (Lipinski definition) is 0. The van der Waals surface area contributed by atoms with Gasteiger partial charge in [0.15, 0.2) is 0 Å². The molecule has 0 spiro atoms. The maximum atomic E-state index is 6.64. The maximum Gasteiger partial charge on any atom is 0.136 e. The van der Waals surface area contributed by atoms with E-state index in [0.717, 1.165) is 11.2 Å². The molecule has 13 rings (SSSR count). The van der Waals surface area contributed by atoms with Crippen molar-refractivity contribution in [3.05, 3.63) is 191 Å². The molecule has 10 aromatic rings. The normalized spacial score (nSPS) is 15.9. The van der Waals surface area contributed by atoms with Crippen LogP contribution in [0.1, 0.15) is 74.9 Å². The fourth-order valence-electron chi connectivity index (χ4n) is 12.0. The molecule has 0 bridgehead atoms. The average Bonchev–Trinajstić information content (AvgIpc) is 3.91. The molecule has 0 aliphatic heterocycles. The van der Waals surface area contributed by atoms with Gasteiger partial charge in [0.2, 0.25) is 0 Å².